The lowest BCUT2D eigenvalue weighted by atomic mass is 9.98. The second-order valence-electron chi connectivity index (χ2n) is 9.53. The van der Waals surface area contributed by atoms with Crippen LogP contribution in [0.15, 0.2) is 66.7 Å². The van der Waals surface area contributed by atoms with Crippen molar-refractivity contribution in [1.29, 1.82) is 0 Å². The molecule has 0 aliphatic carbocycles. The van der Waals surface area contributed by atoms with E-state index in [1.54, 1.807) is 32.0 Å². The fourth-order valence-corrected chi connectivity index (χ4v) is 4.13. The Kier molecular flexibility index (Phi) is 10.1. The third-order valence-electron chi connectivity index (χ3n) is 6.17. The number of rotatable bonds is 12. The van der Waals surface area contributed by atoms with Crippen LogP contribution < -0.4 is 10.6 Å². The first-order chi connectivity index (χ1) is 17.7. The summed E-state index contributed by atoms with van der Waals surface area (Å²) < 4.78 is 27.6. The molecule has 0 radical (unpaired) electrons. The molecule has 0 aliphatic rings. The number of aryl methyl sites for hydroxylation is 1. The molecule has 0 spiro atoms. The molecule has 0 aromatic heterocycles. The maximum atomic E-state index is 13.8. The Hall–Kier alpha value is -3.42. The van der Waals surface area contributed by atoms with Crippen LogP contribution in [0.4, 0.5) is 8.78 Å². The molecular formula is C30H34F2N2O3. The summed E-state index contributed by atoms with van der Waals surface area (Å²) in [5, 5.41) is 17.0. The van der Waals surface area contributed by atoms with Gasteiger partial charge in [0.25, 0.3) is 5.91 Å². The summed E-state index contributed by atoms with van der Waals surface area (Å²) in [6, 6.07) is 16.8. The van der Waals surface area contributed by atoms with Gasteiger partial charge in [0.2, 0.25) is 0 Å². The minimum atomic E-state index is -1.05. The molecule has 0 unspecified atom stereocenters. The average Bonchev–Trinajstić information content (AvgIpc) is 2.87. The summed E-state index contributed by atoms with van der Waals surface area (Å²) in [5.74, 6) is -2.26. The van der Waals surface area contributed by atoms with E-state index in [0.717, 1.165) is 18.1 Å². The molecule has 7 heteroatoms. The molecule has 1 amide bonds. The lowest BCUT2D eigenvalue weighted by Gasteiger charge is -2.25. The number of aliphatic hydroxyl groups is 1. The van der Waals surface area contributed by atoms with E-state index in [1.165, 1.54) is 23.8 Å². The molecule has 0 saturated carbocycles. The highest BCUT2D eigenvalue weighted by Gasteiger charge is 2.23. The standard InChI is InChI=1S/C30H34F2N2O3/c1-4-20-7-5-8-21(11-20)17-33-18-28(35)27(14-22-12-25(31)16-26(32)13-22)34-30(37)24-10-6-9-23(15-24)29(36)19(2)3/h5-13,15-16,19,27-28,33,35H,4,14,17-18H2,1-3H3,(H,34,37)/t27-,28-/m1/s1. The number of hydrogen-bond donors (Lipinski definition) is 3. The zero-order valence-corrected chi connectivity index (χ0v) is 21.4. The van der Waals surface area contributed by atoms with E-state index in [-0.39, 0.29) is 30.2 Å². The van der Waals surface area contributed by atoms with E-state index in [2.05, 4.69) is 23.6 Å². The van der Waals surface area contributed by atoms with Gasteiger partial charge in [-0.25, -0.2) is 8.78 Å². The number of carbonyl (C=O) groups excluding carboxylic acids is 2. The average molecular weight is 509 g/mol. The summed E-state index contributed by atoms with van der Waals surface area (Å²) in [5.41, 5.74) is 3.25. The molecule has 3 aromatic carbocycles. The Bertz CT molecular complexity index is 1210. The summed E-state index contributed by atoms with van der Waals surface area (Å²) in [6.45, 7) is 6.30. The van der Waals surface area contributed by atoms with Crippen LogP contribution in [-0.2, 0) is 19.4 Å². The Balaban J connectivity index is 1.75. The van der Waals surface area contributed by atoms with Crippen LogP contribution >= 0.6 is 0 Å². The molecular weight excluding hydrogens is 474 g/mol. The predicted octanol–water partition coefficient (Wildman–Crippen LogP) is 4.86. The molecule has 37 heavy (non-hydrogen) atoms. The number of Topliss-reactive ketones (excluding diaryl/α,β-unsaturated/α-hetero) is 1. The van der Waals surface area contributed by atoms with Crippen LogP contribution in [0.25, 0.3) is 0 Å². The van der Waals surface area contributed by atoms with Gasteiger partial charge in [0.15, 0.2) is 5.78 Å². The Morgan fingerprint density at radius 1 is 0.865 bits per heavy atom. The number of ketones is 1. The van der Waals surface area contributed by atoms with E-state index >= 15 is 0 Å². The second kappa shape index (κ2) is 13.2. The predicted molar refractivity (Wildman–Crippen MR) is 140 cm³/mol. The van der Waals surface area contributed by atoms with Gasteiger partial charge < -0.3 is 15.7 Å². The SMILES string of the molecule is CCc1cccc(CNC[C@@H](O)[C@@H](Cc2cc(F)cc(F)c2)NC(=O)c2cccc(C(=O)C(C)C)c2)c1. The van der Waals surface area contributed by atoms with E-state index in [1.807, 2.05) is 18.2 Å². The molecule has 0 saturated heterocycles. The van der Waals surface area contributed by atoms with Crippen molar-refractivity contribution in [2.24, 2.45) is 5.92 Å². The normalized spacial score (nSPS) is 12.8. The first-order valence-corrected chi connectivity index (χ1v) is 12.5. The highest BCUT2D eigenvalue weighted by Crippen LogP contribution is 2.15. The van der Waals surface area contributed by atoms with Crippen LogP contribution in [0.5, 0.6) is 0 Å². The van der Waals surface area contributed by atoms with Gasteiger partial charge in [0.05, 0.1) is 12.1 Å². The number of carbonyl (C=O) groups is 2. The lowest BCUT2D eigenvalue weighted by Crippen LogP contribution is -2.48. The largest absolute Gasteiger partial charge is 0.390 e. The van der Waals surface area contributed by atoms with Gasteiger partial charge in [-0.15, -0.1) is 0 Å². The summed E-state index contributed by atoms with van der Waals surface area (Å²) in [6.07, 6.45) is -0.122. The van der Waals surface area contributed by atoms with Crippen molar-refractivity contribution < 1.29 is 23.5 Å². The van der Waals surface area contributed by atoms with Gasteiger partial charge in [-0.3, -0.25) is 9.59 Å². The molecule has 3 aromatic rings. The minimum absolute atomic E-state index is 0.0131. The van der Waals surface area contributed by atoms with Crippen LogP contribution in [0.1, 0.15) is 58.2 Å². The van der Waals surface area contributed by atoms with E-state index in [4.69, 9.17) is 0 Å². The fourth-order valence-electron chi connectivity index (χ4n) is 4.13. The Morgan fingerprint density at radius 3 is 2.19 bits per heavy atom. The lowest BCUT2D eigenvalue weighted by molar-refractivity contribution is 0.0830. The van der Waals surface area contributed by atoms with Crippen LogP contribution in [0, 0.1) is 17.6 Å². The monoisotopic (exact) mass is 508 g/mol. The van der Waals surface area contributed by atoms with Crippen molar-refractivity contribution >= 4 is 11.7 Å². The molecule has 196 valence electrons. The summed E-state index contributed by atoms with van der Waals surface area (Å²) >= 11 is 0. The van der Waals surface area contributed by atoms with Crippen molar-refractivity contribution in [2.75, 3.05) is 6.54 Å². The molecule has 5 nitrogen and oxygen atoms in total. The molecule has 3 rings (SSSR count). The first-order valence-electron chi connectivity index (χ1n) is 12.5. The fraction of sp³-hybridized carbons (Fsp3) is 0.333. The number of hydrogen-bond acceptors (Lipinski definition) is 4. The van der Waals surface area contributed by atoms with Gasteiger partial charge in [0.1, 0.15) is 11.6 Å². The van der Waals surface area contributed by atoms with E-state index in [0.29, 0.717) is 17.7 Å². The third kappa shape index (κ3) is 8.30. The van der Waals surface area contributed by atoms with Gasteiger partial charge in [-0.1, -0.05) is 57.2 Å². The highest BCUT2D eigenvalue weighted by atomic mass is 19.1. The number of aliphatic hydroxyl groups excluding tert-OH is 1. The number of halogens is 2. The smallest absolute Gasteiger partial charge is 0.251 e. The minimum Gasteiger partial charge on any atom is -0.390 e. The Labute approximate surface area is 216 Å². The molecule has 2 atom stereocenters. The van der Waals surface area contributed by atoms with E-state index in [9.17, 15) is 23.5 Å². The van der Waals surface area contributed by atoms with Crippen LogP contribution in [0.2, 0.25) is 0 Å². The van der Waals surface area contributed by atoms with Gasteiger partial charge >= 0.3 is 0 Å². The highest BCUT2D eigenvalue weighted by molar-refractivity contribution is 6.01. The molecule has 0 heterocycles. The zero-order chi connectivity index (χ0) is 26.9. The quantitative estimate of drug-likeness (QED) is 0.306. The van der Waals surface area contributed by atoms with Crippen LogP contribution in [-0.4, -0.2) is 35.5 Å². The van der Waals surface area contributed by atoms with Crippen molar-refractivity contribution in [3.63, 3.8) is 0 Å². The topological polar surface area (TPSA) is 78.4 Å². The van der Waals surface area contributed by atoms with Crippen molar-refractivity contribution in [3.05, 3.63) is 106 Å². The van der Waals surface area contributed by atoms with E-state index < -0.39 is 29.7 Å². The maximum Gasteiger partial charge on any atom is 0.251 e. The van der Waals surface area contributed by atoms with Gasteiger partial charge in [0, 0.05) is 36.2 Å². The maximum absolute atomic E-state index is 13.8. The molecule has 3 N–H and O–H groups in total. The first kappa shape index (κ1) is 28.2. The van der Waals surface area contributed by atoms with Crippen LogP contribution in [0.3, 0.4) is 0 Å². The number of amides is 1. The summed E-state index contributed by atoms with van der Waals surface area (Å²) in [7, 11) is 0. The number of benzene rings is 3. The summed E-state index contributed by atoms with van der Waals surface area (Å²) in [4.78, 5) is 25.5. The third-order valence-corrected chi connectivity index (χ3v) is 6.17. The number of nitrogens with one attached hydrogen (secondary N) is 2. The molecule has 0 fully saturated rings. The second-order valence-corrected chi connectivity index (χ2v) is 9.53. The van der Waals surface area contributed by atoms with Gasteiger partial charge in [-0.05, 0) is 53.8 Å². The van der Waals surface area contributed by atoms with Crippen molar-refractivity contribution in [1.82, 2.24) is 10.6 Å². The van der Waals surface area contributed by atoms with Gasteiger partial charge in [-0.2, -0.15) is 0 Å². The molecule has 0 aliphatic heterocycles. The Morgan fingerprint density at radius 2 is 1.51 bits per heavy atom. The molecule has 0 bridgehead atoms. The zero-order valence-electron chi connectivity index (χ0n) is 21.4. The van der Waals surface area contributed by atoms with Crippen molar-refractivity contribution in [3.8, 4) is 0 Å². The van der Waals surface area contributed by atoms with Crippen molar-refractivity contribution in [2.45, 2.75) is 52.3 Å².